The van der Waals surface area contributed by atoms with Gasteiger partial charge in [-0.3, -0.25) is 10.1 Å². The van der Waals surface area contributed by atoms with Gasteiger partial charge in [0, 0.05) is 19.3 Å². The van der Waals surface area contributed by atoms with Crippen LogP contribution in [0.15, 0.2) is 30.6 Å². The van der Waals surface area contributed by atoms with Gasteiger partial charge in [0.05, 0.1) is 24.2 Å². The van der Waals surface area contributed by atoms with Gasteiger partial charge in [-0.05, 0) is 24.3 Å². The Morgan fingerprint density at radius 3 is 2.48 bits per heavy atom. The van der Waals surface area contributed by atoms with E-state index >= 15 is 0 Å². The van der Waals surface area contributed by atoms with Crippen LogP contribution in [-0.4, -0.2) is 48.2 Å². The third-order valence-electron chi connectivity index (χ3n) is 3.17. The number of nitrogens with one attached hydrogen (secondary N) is 2. The molecule has 10 nitrogen and oxygen atoms in total. The van der Waals surface area contributed by atoms with Crippen LogP contribution in [0.5, 0.6) is 0 Å². The Bertz CT molecular complexity index is 750. The molecule has 10 heteroatoms. The summed E-state index contributed by atoms with van der Waals surface area (Å²) in [5.74, 6) is -0.347. The van der Waals surface area contributed by atoms with Gasteiger partial charge in [0.15, 0.2) is 0 Å². The summed E-state index contributed by atoms with van der Waals surface area (Å²) in [7, 11) is 2.82. The van der Waals surface area contributed by atoms with Gasteiger partial charge in [-0.25, -0.2) is 14.8 Å². The summed E-state index contributed by atoms with van der Waals surface area (Å²) in [6.07, 6.45) is 1.22. The lowest BCUT2D eigenvalue weighted by Gasteiger charge is -2.10. The van der Waals surface area contributed by atoms with Crippen molar-refractivity contribution in [3.05, 3.63) is 46.3 Å². The Morgan fingerprint density at radius 2 is 1.88 bits per heavy atom. The van der Waals surface area contributed by atoms with Crippen molar-refractivity contribution in [1.29, 1.82) is 0 Å². The van der Waals surface area contributed by atoms with Gasteiger partial charge >= 0.3 is 11.7 Å². The molecular weight excluding hydrogens is 330 g/mol. The average molecular weight is 347 g/mol. The molecule has 0 unspecified atom stereocenters. The number of hydrogen-bond donors (Lipinski definition) is 2. The Hall–Kier alpha value is -3.27. The summed E-state index contributed by atoms with van der Waals surface area (Å²) in [4.78, 5) is 30.1. The van der Waals surface area contributed by atoms with Gasteiger partial charge in [-0.15, -0.1) is 0 Å². The zero-order valence-corrected chi connectivity index (χ0v) is 13.7. The first kappa shape index (κ1) is 18.1. The molecule has 0 saturated heterocycles. The lowest BCUT2D eigenvalue weighted by atomic mass is 10.2. The van der Waals surface area contributed by atoms with E-state index in [-0.39, 0.29) is 17.3 Å². The van der Waals surface area contributed by atoms with E-state index in [2.05, 4.69) is 25.3 Å². The molecule has 0 aliphatic heterocycles. The van der Waals surface area contributed by atoms with Crippen molar-refractivity contribution >= 4 is 29.0 Å². The quantitative estimate of drug-likeness (QED) is 0.318. The molecule has 0 aliphatic carbocycles. The smallest absolute Gasteiger partial charge is 0.353 e. The second-order valence-electron chi connectivity index (χ2n) is 4.79. The zero-order valence-electron chi connectivity index (χ0n) is 13.7. The monoisotopic (exact) mass is 347 g/mol. The Kier molecular flexibility index (Phi) is 6.18. The number of esters is 1. The fourth-order valence-electron chi connectivity index (χ4n) is 1.99. The van der Waals surface area contributed by atoms with Gasteiger partial charge in [0.2, 0.25) is 11.6 Å². The van der Waals surface area contributed by atoms with Crippen molar-refractivity contribution in [3.63, 3.8) is 0 Å². The molecule has 25 heavy (non-hydrogen) atoms. The van der Waals surface area contributed by atoms with Gasteiger partial charge in [0.1, 0.15) is 6.33 Å². The van der Waals surface area contributed by atoms with Crippen molar-refractivity contribution in [2.75, 3.05) is 38.0 Å². The number of rotatable bonds is 8. The summed E-state index contributed by atoms with van der Waals surface area (Å²) in [6.45, 7) is 0.737. The first-order valence-corrected chi connectivity index (χ1v) is 7.24. The van der Waals surface area contributed by atoms with E-state index in [0.717, 1.165) is 0 Å². The topological polar surface area (TPSA) is 129 Å². The van der Waals surface area contributed by atoms with Gasteiger partial charge < -0.3 is 20.1 Å². The molecule has 0 atom stereocenters. The second kappa shape index (κ2) is 8.55. The highest BCUT2D eigenvalue weighted by atomic mass is 16.6. The molecule has 0 saturated carbocycles. The van der Waals surface area contributed by atoms with Gasteiger partial charge in [-0.1, -0.05) is 0 Å². The van der Waals surface area contributed by atoms with E-state index in [1.807, 2.05) is 0 Å². The van der Waals surface area contributed by atoms with Crippen LogP contribution in [0.25, 0.3) is 0 Å². The number of carbonyl (C=O) groups excluding carboxylic acids is 1. The number of nitro groups is 1. The SMILES string of the molecule is COCCNc1ncnc(Nc2ccc(C(=O)OC)cc2)c1[N+](=O)[O-]. The number of hydrogen-bond acceptors (Lipinski definition) is 9. The minimum atomic E-state index is -0.569. The van der Waals surface area contributed by atoms with E-state index in [1.54, 1.807) is 24.3 Å². The molecule has 2 N–H and O–H groups in total. The zero-order chi connectivity index (χ0) is 18.2. The van der Waals surface area contributed by atoms with Crippen LogP contribution in [0.1, 0.15) is 10.4 Å². The molecule has 0 spiro atoms. The molecular formula is C15H17N5O5. The highest BCUT2D eigenvalue weighted by molar-refractivity contribution is 5.89. The molecule has 1 aromatic carbocycles. The Balaban J connectivity index is 2.24. The molecule has 2 aromatic rings. The fraction of sp³-hybridized carbons (Fsp3) is 0.267. The highest BCUT2D eigenvalue weighted by Crippen LogP contribution is 2.31. The molecule has 0 radical (unpaired) electrons. The summed E-state index contributed by atoms with van der Waals surface area (Å²) < 4.78 is 9.52. The maximum absolute atomic E-state index is 11.4. The fourth-order valence-corrected chi connectivity index (χ4v) is 1.99. The largest absolute Gasteiger partial charge is 0.465 e. The summed E-state index contributed by atoms with van der Waals surface area (Å²) in [5.41, 5.74) is 0.611. The minimum absolute atomic E-state index is 0.0331. The number of carbonyl (C=O) groups is 1. The third kappa shape index (κ3) is 4.61. The third-order valence-corrected chi connectivity index (χ3v) is 3.17. The van der Waals surface area contributed by atoms with Crippen LogP contribution in [0.3, 0.4) is 0 Å². The van der Waals surface area contributed by atoms with Crippen molar-refractivity contribution in [2.24, 2.45) is 0 Å². The number of anilines is 3. The van der Waals surface area contributed by atoms with Crippen molar-refractivity contribution in [2.45, 2.75) is 0 Å². The number of ether oxygens (including phenoxy) is 2. The number of benzene rings is 1. The predicted octanol–water partition coefficient (Wildman–Crippen LogP) is 1.97. The summed E-state index contributed by atoms with van der Waals surface area (Å²) in [6, 6.07) is 6.27. The maximum Gasteiger partial charge on any atom is 0.353 e. The number of nitrogens with zero attached hydrogens (tertiary/aromatic N) is 3. The van der Waals surface area contributed by atoms with E-state index in [1.165, 1.54) is 20.5 Å². The number of aromatic nitrogens is 2. The first-order valence-electron chi connectivity index (χ1n) is 7.24. The summed E-state index contributed by atoms with van der Waals surface area (Å²) >= 11 is 0. The maximum atomic E-state index is 11.4. The van der Waals surface area contributed by atoms with Crippen LogP contribution in [-0.2, 0) is 9.47 Å². The molecule has 132 valence electrons. The Morgan fingerprint density at radius 1 is 1.20 bits per heavy atom. The first-order chi connectivity index (χ1) is 12.1. The van der Waals surface area contributed by atoms with E-state index in [0.29, 0.717) is 24.4 Å². The van der Waals surface area contributed by atoms with Crippen LogP contribution in [0.2, 0.25) is 0 Å². The van der Waals surface area contributed by atoms with Crippen LogP contribution < -0.4 is 10.6 Å². The van der Waals surface area contributed by atoms with Crippen LogP contribution in [0, 0.1) is 10.1 Å². The van der Waals surface area contributed by atoms with Gasteiger partial charge in [-0.2, -0.15) is 0 Å². The van der Waals surface area contributed by atoms with E-state index in [4.69, 9.17) is 4.74 Å². The molecule has 2 rings (SSSR count). The highest BCUT2D eigenvalue weighted by Gasteiger charge is 2.23. The Labute approximate surface area is 143 Å². The van der Waals surface area contributed by atoms with Crippen LogP contribution in [0.4, 0.5) is 23.0 Å². The molecule has 0 aliphatic rings. The van der Waals surface area contributed by atoms with E-state index < -0.39 is 10.9 Å². The lowest BCUT2D eigenvalue weighted by Crippen LogP contribution is -2.12. The molecule has 0 fully saturated rings. The van der Waals surface area contributed by atoms with Crippen molar-refractivity contribution in [3.8, 4) is 0 Å². The average Bonchev–Trinajstić information content (AvgIpc) is 2.62. The van der Waals surface area contributed by atoms with Crippen molar-refractivity contribution < 1.29 is 19.2 Å². The van der Waals surface area contributed by atoms with E-state index in [9.17, 15) is 14.9 Å². The molecule has 0 amide bonds. The van der Waals surface area contributed by atoms with Gasteiger partial charge in [0.25, 0.3) is 0 Å². The lowest BCUT2D eigenvalue weighted by molar-refractivity contribution is -0.383. The predicted molar refractivity (Wildman–Crippen MR) is 90.1 cm³/mol. The molecule has 1 heterocycles. The molecule has 0 bridgehead atoms. The minimum Gasteiger partial charge on any atom is -0.465 e. The molecule has 1 aromatic heterocycles. The summed E-state index contributed by atoms with van der Waals surface area (Å²) in [5, 5.41) is 17.1. The van der Waals surface area contributed by atoms with Crippen molar-refractivity contribution in [1.82, 2.24) is 9.97 Å². The normalized spacial score (nSPS) is 10.2. The second-order valence-corrected chi connectivity index (χ2v) is 4.79. The number of methoxy groups -OCH3 is 2. The van der Waals surface area contributed by atoms with Crippen LogP contribution >= 0.6 is 0 Å². The standard InChI is InChI=1S/C15H17N5O5/c1-24-8-7-16-13-12(20(22)23)14(18-9-17-13)19-11-5-3-10(4-6-11)15(21)25-2/h3-6,9H,7-8H2,1-2H3,(H2,16,17,18,19).